The summed E-state index contributed by atoms with van der Waals surface area (Å²) in [6.45, 7) is 12.4. The van der Waals surface area contributed by atoms with E-state index >= 15 is 4.39 Å². The van der Waals surface area contributed by atoms with Crippen LogP contribution in [0.4, 0.5) is 14.7 Å². The van der Waals surface area contributed by atoms with E-state index in [1.807, 2.05) is 63.1 Å². The molecule has 4 atom stereocenters. The van der Waals surface area contributed by atoms with E-state index in [0.29, 0.717) is 18.1 Å². The average Bonchev–Trinajstić information content (AvgIpc) is 3.22. The summed E-state index contributed by atoms with van der Waals surface area (Å²) in [7, 11) is 3.54. The maximum absolute atomic E-state index is 15.4. The Labute approximate surface area is 239 Å². The van der Waals surface area contributed by atoms with Crippen LogP contribution < -0.4 is 10.6 Å². The highest BCUT2D eigenvalue weighted by Crippen LogP contribution is 2.28. The molecule has 0 saturated carbocycles. The molecule has 1 saturated heterocycles. The van der Waals surface area contributed by atoms with Crippen molar-refractivity contribution in [3.8, 4) is 0 Å². The van der Waals surface area contributed by atoms with Crippen LogP contribution in [0.3, 0.4) is 0 Å². The lowest BCUT2D eigenvalue weighted by Gasteiger charge is -2.44. The van der Waals surface area contributed by atoms with Crippen LogP contribution >= 0.6 is 0 Å². The molecule has 0 bridgehead atoms. The maximum Gasteiger partial charge on any atom is 0.347 e. The third-order valence-corrected chi connectivity index (χ3v) is 7.33. The van der Waals surface area contributed by atoms with Gasteiger partial charge >= 0.3 is 5.69 Å². The zero-order chi connectivity index (χ0) is 29.8. The number of rotatable bonds is 12. The molecule has 1 aromatic heterocycles. The maximum atomic E-state index is 15.4. The number of nitrogens with zero attached hydrogens (tertiary/aromatic N) is 5. The van der Waals surface area contributed by atoms with E-state index in [2.05, 4.69) is 23.8 Å². The van der Waals surface area contributed by atoms with Crippen molar-refractivity contribution in [2.24, 2.45) is 7.05 Å². The highest BCUT2D eigenvalue weighted by atomic mass is 19.1. The van der Waals surface area contributed by atoms with Crippen molar-refractivity contribution in [1.29, 1.82) is 0 Å². The van der Waals surface area contributed by atoms with Crippen molar-refractivity contribution >= 4 is 5.95 Å². The van der Waals surface area contributed by atoms with Gasteiger partial charge in [-0.2, -0.15) is 0 Å². The van der Waals surface area contributed by atoms with Crippen LogP contribution in [-0.4, -0.2) is 63.8 Å². The number of hydrogen-bond donors (Lipinski definition) is 0. The van der Waals surface area contributed by atoms with Gasteiger partial charge in [-0.3, -0.25) is 9.47 Å². The summed E-state index contributed by atoms with van der Waals surface area (Å²) < 4.78 is 37.9. The summed E-state index contributed by atoms with van der Waals surface area (Å²) in [6, 6.07) is 10.2. The second-order valence-corrected chi connectivity index (χ2v) is 10.3. The summed E-state index contributed by atoms with van der Waals surface area (Å²) in [4.78, 5) is 16.9. The zero-order valence-electron chi connectivity index (χ0n) is 25.6. The number of alkyl halides is 1. The van der Waals surface area contributed by atoms with Gasteiger partial charge in [-0.1, -0.05) is 63.3 Å². The minimum atomic E-state index is -1.25. The number of halogens is 2. The Balaban J connectivity index is 0.00000274. The van der Waals surface area contributed by atoms with Gasteiger partial charge in [0.05, 0.1) is 19.3 Å². The van der Waals surface area contributed by atoms with Crippen molar-refractivity contribution in [1.82, 2.24) is 19.2 Å². The SMILES string of the molecule is C/C=C\C(COC1CC(C)N(CC(F)Cn2nc(N(C)Cc3ccccc3)n(C)c2=O)C(CC)C1)=C(/C)F.CC. The van der Waals surface area contributed by atoms with Crippen molar-refractivity contribution in [2.75, 3.05) is 25.1 Å². The monoisotopic (exact) mass is 561 g/mol. The summed E-state index contributed by atoms with van der Waals surface area (Å²) in [6.07, 6.45) is 4.65. The van der Waals surface area contributed by atoms with Crippen LogP contribution in [0.25, 0.3) is 0 Å². The molecule has 0 spiro atoms. The first kappa shape index (κ1) is 33.4. The van der Waals surface area contributed by atoms with E-state index in [0.717, 1.165) is 24.8 Å². The smallest absolute Gasteiger partial charge is 0.347 e. The highest BCUT2D eigenvalue weighted by molar-refractivity contribution is 5.31. The van der Waals surface area contributed by atoms with Crippen LogP contribution in [0.15, 0.2) is 58.7 Å². The fourth-order valence-corrected chi connectivity index (χ4v) is 5.28. The second kappa shape index (κ2) is 16.5. The number of hydrogen-bond acceptors (Lipinski definition) is 5. The molecule has 3 rings (SSSR count). The number of benzene rings is 1. The number of aromatic nitrogens is 3. The number of piperidine rings is 1. The Morgan fingerprint density at radius 1 is 1.23 bits per heavy atom. The fraction of sp³-hybridized carbons (Fsp3) is 0.613. The van der Waals surface area contributed by atoms with E-state index < -0.39 is 6.17 Å². The van der Waals surface area contributed by atoms with Gasteiger partial charge in [-0.15, -0.1) is 5.10 Å². The summed E-state index contributed by atoms with van der Waals surface area (Å²) in [5, 5.41) is 4.45. The van der Waals surface area contributed by atoms with Gasteiger partial charge in [-0.25, -0.2) is 18.3 Å². The van der Waals surface area contributed by atoms with Crippen LogP contribution in [-0.2, 0) is 24.9 Å². The van der Waals surface area contributed by atoms with E-state index in [-0.39, 0.29) is 49.4 Å². The Bertz CT molecular complexity index is 1140. The van der Waals surface area contributed by atoms with Gasteiger partial charge in [-0.05, 0) is 45.6 Å². The molecule has 9 heteroatoms. The lowest BCUT2D eigenvalue weighted by atomic mass is 9.92. The van der Waals surface area contributed by atoms with E-state index in [4.69, 9.17) is 4.74 Å². The molecule has 1 aliphatic rings. The zero-order valence-corrected chi connectivity index (χ0v) is 25.6. The third kappa shape index (κ3) is 9.13. The molecule has 0 amide bonds. The van der Waals surface area contributed by atoms with Gasteiger partial charge in [0.2, 0.25) is 5.95 Å². The third-order valence-electron chi connectivity index (χ3n) is 7.33. The molecule has 1 aliphatic heterocycles. The van der Waals surface area contributed by atoms with Gasteiger partial charge in [0, 0.05) is 44.8 Å². The number of anilines is 1. The largest absolute Gasteiger partial charge is 0.373 e. The van der Waals surface area contributed by atoms with E-state index in [9.17, 15) is 9.18 Å². The second-order valence-electron chi connectivity index (χ2n) is 10.3. The normalized spacial score (nSPS) is 21.1. The van der Waals surface area contributed by atoms with Gasteiger partial charge in [0.1, 0.15) is 12.0 Å². The van der Waals surface area contributed by atoms with E-state index in [1.54, 1.807) is 19.2 Å². The standard InChI is InChI=1S/C29H43F2N5O2.C2H6/c1-7-12-24(22(4)30)20-38-27-15-21(3)35(26(8-2)16-27)18-25(31)19-36-29(37)34(6)28(32-36)33(5)17-23-13-10-9-11-14-23;1-2/h7,9-14,21,25-27H,8,15-20H2,1-6H3;1-2H3/b12-7-,24-22-;. The lowest BCUT2D eigenvalue weighted by Crippen LogP contribution is -2.52. The van der Waals surface area contributed by atoms with Crippen molar-refractivity contribution in [3.05, 3.63) is 69.9 Å². The molecule has 40 heavy (non-hydrogen) atoms. The Kier molecular flexibility index (Phi) is 13.8. The van der Waals surface area contributed by atoms with Gasteiger partial charge in [0.25, 0.3) is 0 Å². The van der Waals surface area contributed by atoms with Gasteiger partial charge < -0.3 is 9.64 Å². The number of ether oxygens (including phenoxy) is 1. The molecule has 1 aromatic carbocycles. The first-order chi connectivity index (χ1) is 19.1. The summed E-state index contributed by atoms with van der Waals surface area (Å²) in [5.41, 5.74) is 1.32. The average molecular weight is 562 g/mol. The molecule has 1 fully saturated rings. The quantitative estimate of drug-likeness (QED) is 0.295. The molecule has 4 unspecified atom stereocenters. The first-order valence-electron chi connectivity index (χ1n) is 14.5. The first-order valence-corrected chi connectivity index (χ1v) is 14.5. The van der Waals surface area contributed by atoms with Crippen LogP contribution in [0.5, 0.6) is 0 Å². The number of allylic oxidation sites excluding steroid dienone is 2. The molecule has 0 aliphatic carbocycles. The fourth-order valence-electron chi connectivity index (χ4n) is 5.28. The van der Waals surface area contributed by atoms with Crippen molar-refractivity contribution in [2.45, 2.75) is 98.3 Å². The Morgan fingerprint density at radius 3 is 2.50 bits per heavy atom. The van der Waals surface area contributed by atoms with Crippen molar-refractivity contribution in [3.63, 3.8) is 0 Å². The molecular formula is C31H49F2N5O2. The molecule has 0 radical (unpaired) electrons. The molecule has 2 aromatic rings. The van der Waals surface area contributed by atoms with Gasteiger partial charge in [0.15, 0.2) is 0 Å². The predicted octanol–water partition coefficient (Wildman–Crippen LogP) is 6.05. The number of likely N-dealkylation sites (tertiary alicyclic amines) is 1. The Hall–Kier alpha value is -2.78. The minimum Gasteiger partial charge on any atom is -0.373 e. The highest BCUT2D eigenvalue weighted by Gasteiger charge is 2.34. The van der Waals surface area contributed by atoms with E-state index in [1.165, 1.54) is 16.2 Å². The van der Waals surface area contributed by atoms with Crippen molar-refractivity contribution < 1.29 is 13.5 Å². The molecular weight excluding hydrogens is 512 g/mol. The molecule has 2 heterocycles. The molecule has 7 nitrogen and oxygen atoms in total. The lowest BCUT2D eigenvalue weighted by molar-refractivity contribution is -0.0396. The van der Waals surface area contributed by atoms with Crippen LogP contribution in [0.1, 0.15) is 66.4 Å². The summed E-state index contributed by atoms with van der Waals surface area (Å²) >= 11 is 0. The Morgan fingerprint density at radius 2 is 1.90 bits per heavy atom. The molecule has 0 N–H and O–H groups in total. The van der Waals surface area contributed by atoms with Crippen LogP contribution in [0.2, 0.25) is 0 Å². The van der Waals surface area contributed by atoms with Crippen LogP contribution in [0, 0.1) is 0 Å². The topological polar surface area (TPSA) is 55.5 Å². The molecule has 224 valence electrons. The summed E-state index contributed by atoms with van der Waals surface area (Å²) in [5.74, 6) is 0.263. The predicted molar refractivity (Wildman–Crippen MR) is 160 cm³/mol. The minimum absolute atomic E-state index is 0.00927.